The lowest BCUT2D eigenvalue weighted by molar-refractivity contribution is 0.477. The van der Waals surface area contributed by atoms with E-state index in [1.807, 2.05) is 0 Å². The third-order valence-corrected chi connectivity index (χ3v) is 5.61. The minimum absolute atomic E-state index is 0.280. The lowest BCUT2D eigenvalue weighted by Crippen LogP contribution is -2.32. The van der Waals surface area contributed by atoms with Gasteiger partial charge in [-0.1, -0.05) is 0 Å². The molecule has 0 aliphatic heterocycles. The number of sulfone groups is 1. The molecule has 0 aromatic heterocycles. The maximum absolute atomic E-state index is 11.4. The smallest absolute Gasteiger partial charge is 0.153 e. The Bertz CT molecular complexity index is 258. The molecule has 0 amide bonds. The molecule has 2 aliphatic carbocycles. The normalized spacial score (nSPS) is 43.2. The maximum Gasteiger partial charge on any atom is 0.153 e. The number of rotatable bonds is 1. The molecule has 0 aromatic carbocycles. The van der Waals surface area contributed by atoms with Crippen molar-refractivity contribution in [1.82, 2.24) is 0 Å². The van der Waals surface area contributed by atoms with Crippen LogP contribution in [0.15, 0.2) is 0 Å². The van der Waals surface area contributed by atoms with Gasteiger partial charge in [0.25, 0.3) is 0 Å². The molecule has 0 radical (unpaired) electrons. The van der Waals surface area contributed by atoms with Crippen LogP contribution in [0, 0.1) is 5.92 Å². The molecular formula is C8H14O2S. The van der Waals surface area contributed by atoms with Gasteiger partial charge < -0.3 is 0 Å². The Morgan fingerprint density at radius 3 is 2.00 bits per heavy atom. The summed E-state index contributed by atoms with van der Waals surface area (Å²) in [5, 5.41) is 0. The van der Waals surface area contributed by atoms with Crippen LogP contribution in [0.5, 0.6) is 0 Å². The zero-order chi connectivity index (χ0) is 8.11. The van der Waals surface area contributed by atoms with Crippen molar-refractivity contribution in [2.75, 3.05) is 6.26 Å². The third-order valence-electron chi connectivity index (χ3n) is 3.46. The summed E-state index contributed by atoms with van der Waals surface area (Å²) < 4.78 is 22.5. The van der Waals surface area contributed by atoms with Gasteiger partial charge in [0, 0.05) is 6.26 Å². The van der Waals surface area contributed by atoms with Gasteiger partial charge in [-0.05, 0) is 38.0 Å². The van der Waals surface area contributed by atoms with Crippen molar-refractivity contribution in [2.24, 2.45) is 5.92 Å². The molecule has 3 heteroatoms. The fraction of sp³-hybridized carbons (Fsp3) is 1.00. The molecule has 0 spiro atoms. The van der Waals surface area contributed by atoms with Crippen molar-refractivity contribution >= 4 is 9.84 Å². The average molecular weight is 174 g/mol. The molecule has 0 N–H and O–H groups in total. The van der Waals surface area contributed by atoms with Crippen LogP contribution in [0.1, 0.15) is 32.1 Å². The Morgan fingerprint density at radius 1 is 1.27 bits per heavy atom. The number of fused-ring (bicyclic) bond motifs is 2. The second-order valence-corrected chi connectivity index (χ2v) is 6.51. The second-order valence-electron chi connectivity index (χ2n) is 4.10. The van der Waals surface area contributed by atoms with Crippen LogP contribution in [0.2, 0.25) is 0 Å². The van der Waals surface area contributed by atoms with Gasteiger partial charge in [-0.3, -0.25) is 0 Å². The highest BCUT2D eigenvalue weighted by Gasteiger charge is 2.51. The van der Waals surface area contributed by atoms with Crippen LogP contribution in [0.25, 0.3) is 0 Å². The van der Waals surface area contributed by atoms with Gasteiger partial charge >= 0.3 is 0 Å². The topological polar surface area (TPSA) is 34.1 Å². The maximum atomic E-state index is 11.4. The first-order chi connectivity index (χ1) is 5.04. The number of hydrogen-bond acceptors (Lipinski definition) is 2. The Labute approximate surface area is 67.9 Å². The van der Waals surface area contributed by atoms with E-state index in [2.05, 4.69) is 0 Å². The molecule has 0 heterocycles. The molecule has 0 unspecified atom stereocenters. The Hall–Kier alpha value is -0.0500. The molecule has 11 heavy (non-hydrogen) atoms. The van der Waals surface area contributed by atoms with Crippen LogP contribution < -0.4 is 0 Å². The molecule has 0 atom stereocenters. The summed E-state index contributed by atoms with van der Waals surface area (Å²) in [5.41, 5.74) is 0. The Morgan fingerprint density at radius 2 is 1.82 bits per heavy atom. The number of hydrogen-bond donors (Lipinski definition) is 0. The van der Waals surface area contributed by atoms with Crippen molar-refractivity contribution < 1.29 is 8.42 Å². The fourth-order valence-electron chi connectivity index (χ4n) is 2.66. The molecule has 2 nitrogen and oxygen atoms in total. The lowest BCUT2D eigenvalue weighted by atomic mass is 10.0. The van der Waals surface area contributed by atoms with Gasteiger partial charge in [-0.2, -0.15) is 0 Å². The van der Waals surface area contributed by atoms with Crippen LogP contribution in [0.4, 0.5) is 0 Å². The highest BCUT2D eigenvalue weighted by atomic mass is 32.2. The quantitative estimate of drug-likeness (QED) is 0.601. The van der Waals surface area contributed by atoms with Crippen molar-refractivity contribution in [1.29, 1.82) is 0 Å². The van der Waals surface area contributed by atoms with E-state index in [1.165, 1.54) is 6.26 Å². The molecule has 2 aliphatic rings. The molecule has 0 saturated heterocycles. The summed E-state index contributed by atoms with van der Waals surface area (Å²) in [6, 6.07) is 0. The molecule has 64 valence electrons. The minimum atomic E-state index is -2.77. The zero-order valence-electron chi connectivity index (χ0n) is 6.84. The van der Waals surface area contributed by atoms with Crippen molar-refractivity contribution in [3.8, 4) is 0 Å². The zero-order valence-corrected chi connectivity index (χ0v) is 7.65. The van der Waals surface area contributed by atoms with E-state index in [0.29, 0.717) is 0 Å². The van der Waals surface area contributed by atoms with Crippen molar-refractivity contribution in [2.45, 2.75) is 36.9 Å². The van der Waals surface area contributed by atoms with Gasteiger partial charge in [0.1, 0.15) is 0 Å². The standard InChI is InChI=1S/C8H14O2S/c1-11(9,10)8-4-2-7(6-8)3-5-8/h7H,2-6H2,1H3. The molecule has 2 fully saturated rings. The highest BCUT2D eigenvalue weighted by Crippen LogP contribution is 2.51. The summed E-state index contributed by atoms with van der Waals surface area (Å²) in [5.74, 6) is 0.727. The van der Waals surface area contributed by atoms with Crippen molar-refractivity contribution in [3.63, 3.8) is 0 Å². The summed E-state index contributed by atoms with van der Waals surface area (Å²) in [4.78, 5) is 0. The molecule has 2 saturated carbocycles. The summed E-state index contributed by atoms with van der Waals surface area (Å²) >= 11 is 0. The molecule has 0 aromatic rings. The largest absolute Gasteiger partial charge is 0.229 e. The summed E-state index contributed by atoms with van der Waals surface area (Å²) in [6.45, 7) is 0. The van der Waals surface area contributed by atoms with E-state index in [1.54, 1.807) is 0 Å². The lowest BCUT2D eigenvalue weighted by Gasteiger charge is -2.23. The van der Waals surface area contributed by atoms with Crippen LogP contribution in [0.3, 0.4) is 0 Å². The van der Waals surface area contributed by atoms with E-state index >= 15 is 0 Å². The highest BCUT2D eigenvalue weighted by molar-refractivity contribution is 7.92. The average Bonchev–Trinajstić information content (AvgIpc) is 2.42. The first-order valence-corrected chi connectivity index (χ1v) is 6.12. The Balaban J connectivity index is 2.37. The van der Waals surface area contributed by atoms with Crippen LogP contribution >= 0.6 is 0 Å². The predicted octanol–water partition coefficient (Wildman–Crippen LogP) is 1.36. The van der Waals surface area contributed by atoms with E-state index in [0.717, 1.165) is 38.0 Å². The molecule has 2 rings (SSSR count). The van der Waals surface area contributed by atoms with Gasteiger partial charge in [-0.25, -0.2) is 8.42 Å². The van der Waals surface area contributed by atoms with Crippen molar-refractivity contribution in [3.05, 3.63) is 0 Å². The second kappa shape index (κ2) is 2.00. The predicted molar refractivity (Wildman–Crippen MR) is 44.1 cm³/mol. The first kappa shape index (κ1) is 7.59. The SMILES string of the molecule is CS(=O)(=O)C12CCC(CC1)C2. The van der Waals surface area contributed by atoms with Gasteiger partial charge in [0.2, 0.25) is 0 Å². The van der Waals surface area contributed by atoms with Gasteiger partial charge in [0.05, 0.1) is 4.75 Å². The first-order valence-electron chi connectivity index (χ1n) is 4.23. The van der Waals surface area contributed by atoms with E-state index < -0.39 is 9.84 Å². The van der Waals surface area contributed by atoms with E-state index in [-0.39, 0.29) is 4.75 Å². The fourth-order valence-corrected chi connectivity index (χ4v) is 4.18. The van der Waals surface area contributed by atoms with Gasteiger partial charge in [-0.15, -0.1) is 0 Å². The monoisotopic (exact) mass is 174 g/mol. The van der Waals surface area contributed by atoms with E-state index in [9.17, 15) is 8.42 Å². The van der Waals surface area contributed by atoms with E-state index in [4.69, 9.17) is 0 Å². The Kier molecular flexibility index (Phi) is 1.38. The third kappa shape index (κ3) is 0.934. The molecular weight excluding hydrogens is 160 g/mol. The van der Waals surface area contributed by atoms with Crippen LogP contribution in [-0.4, -0.2) is 19.4 Å². The molecule has 2 bridgehead atoms. The summed E-state index contributed by atoms with van der Waals surface area (Å²) in [7, 11) is -2.77. The van der Waals surface area contributed by atoms with Gasteiger partial charge in [0.15, 0.2) is 9.84 Å². The van der Waals surface area contributed by atoms with Crippen LogP contribution in [-0.2, 0) is 9.84 Å². The minimum Gasteiger partial charge on any atom is -0.229 e. The summed E-state index contributed by atoms with van der Waals surface area (Å²) in [6.07, 6.45) is 6.50.